The lowest BCUT2D eigenvalue weighted by molar-refractivity contribution is 0.570. The number of nitrogens with one attached hydrogen (secondary N) is 1. The molecule has 0 saturated carbocycles. The summed E-state index contributed by atoms with van der Waals surface area (Å²) in [5, 5.41) is 0.891. The van der Waals surface area contributed by atoms with E-state index in [0.29, 0.717) is 11.5 Å². The van der Waals surface area contributed by atoms with E-state index in [-0.39, 0.29) is 0 Å². The third-order valence-electron chi connectivity index (χ3n) is 1.66. The first-order valence-electron chi connectivity index (χ1n) is 3.85. The first-order valence-corrected chi connectivity index (χ1v) is 4.96. The number of anilines is 1. The summed E-state index contributed by atoms with van der Waals surface area (Å²) in [4.78, 5) is 8.06. The van der Waals surface area contributed by atoms with Crippen LogP contribution < -0.4 is 4.72 Å². The van der Waals surface area contributed by atoms with Crippen molar-refractivity contribution in [3.8, 4) is 0 Å². The molecule has 0 radical (unpaired) electrons. The van der Waals surface area contributed by atoms with Crippen LogP contribution in [0.25, 0.3) is 11.0 Å². The van der Waals surface area contributed by atoms with Gasteiger partial charge in [-0.3, -0.25) is 9.27 Å². The van der Waals surface area contributed by atoms with Crippen molar-refractivity contribution in [1.82, 2.24) is 9.97 Å². The maximum absolute atomic E-state index is 10.4. The third kappa shape index (κ3) is 1.86. The van der Waals surface area contributed by atoms with Crippen molar-refractivity contribution >= 4 is 28.1 Å². The van der Waals surface area contributed by atoms with E-state index in [9.17, 15) is 4.21 Å². The summed E-state index contributed by atoms with van der Waals surface area (Å²) >= 11 is -2.10. The van der Waals surface area contributed by atoms with Gasteiger partial charge in [0.1, 0.15) is 5.82 Å². The molecule has 0 aliphatic heterocycles. The zero-order valence-corrected chi connectivity index (χ0v) is 7.86. The molecular weight excluding hydrogens is 202 g/mol. The first kappa shape index (κ1) is 9.04. The van der Waals surface area contributed by atoms with Crippen molar-refractivity contribution in [3.63, 3.8) is 0 Å². The molecule has 0 amide bonds. The van der Waals surface area contributed by atoms with Gasteiger partial charge in [0.05, 0.1) is 0 Å². The summed E-state index contributed by atoms with van der Waals surface area (Å²) in [6.07, 6.45) is 1.62. The normalized spacial score (nSPS) is 12.6. The van der Waals surface area contributed by atoms with Crippen LogP contribution in [-0.4, -0.2) is 18.7 Å². The Morgan fingerprint density at radius 3 is 3.00 bits per heavy atom. The summed E-state index contributed by atoms with van der Waals surface area (Å²) in [5.74, 6) is 0.331. The van der Waals surface area contributed by atoms with Crippen molar-refractivity contribution in [3.05, 3.63) is 30.5 Å². The van der Waals surface area contributed by atoms with E-state index in [1.54, 1.807) is 24.4 Å². The molecule has 72 valence electrons. The second kappa shape index (κ2) is 3.69. The van der Waals surface area contributed by atoms with Crippen LogP contribution in [0.4, 0.5) is 5.82 Å². The fourth-order valence-electron chi connectivity index (χ4n) is 1.10. The van der Waals surface area contributed by atoms with E-state index >= 15 is 0 Å². The molecule has 6 heteroatoms. The Balaban J connectivity index is 2.46. The molecule has 2 heterocycles. The zero-order chi connectivity index (χ0) is 9.97. The zero-order valence-electron chi connectivity index (χ0n) is 7.04. The first-order chi connectivity index (χ1) is 6.75. The molecule has 14 heavy (non-hydrogen) atoms. The minimum Gasteiger partial charge on any atom is -0.289 e. The van der Waals surface area contributed by atoms with Gasteiger partial charge in [0, 0.05) is 11.6 Å². The second-order valence-corrected chi connectivity index (χ2v) is 3.30. The summed E-state index contributed by atoms with van der Waals surface area (Å²) in [6, 6.07) is 7.08. The molecule has 1 unspecified atom stereocenters. The van der Waals surface area contributed by atoms with Gasteiger partial charge in [-0.2, -0.15) is 0 Å². The van der Waals surface area contributed by atoms with Crippen LogP contribution in [0.1, 0.15) is 0 Å². The fourth-order valence-corrected chi connectivity index (χ4v) is 1.39. The topological polar surface area (TPSA) is 75.1 Å². The minimum atomic E-state index is -2.10. The van der Waals surface area contributed by atoms with Gasteiger partial charge in [0.25, 0.3) is 11.3 Å². The Kier molecular flexibility index (Phi) is 2.38. The summed E-state index contributed by atoms with van der Waals surface area (Å²) < 4.78 is 21.3. The predicted octanol–water partition coefficient (Wildman–Crippen LogP) is 1.18. The SMILES string of the molecule is O=S(O)Nc1ccc2cccnc2n1. The predicted molar refractivity (Wildman–Crippen MR) is 53.9 cm³/mol. The highest BCUT2D eigenvalue weighted by Gasteiger charge is 1.99. The monoisotopic (exact) mass is 209 g/mol. The van der Waals surface area contributed by atoms with Crippen LogP contribution in [0, 0.1) is 0 Å². The summed E-state index contributed by atoms with van der Waals surface area (Å²) in [5.41, 5.74) is 0.544. The van der Waals surface area contributed by atoms with Crippen molar-refractivity contribution < 1.29 is 8.76 Å². The second-order valence-electron chi connectivity index (χ2n) is 2.60. The largest absolute Gasteiger partial charge is 0.289 e. The molecule has 5 nitrogen and oxygen atoms in total. The van der Waals surface area contributed by atoms with Crippen LogP contribution in [0.15, 0.2) is 30.5 Å². The van der Waals surface area contributed by atoms with Crippen LogP contribution in [0.3, 0.4) is 0 Å². The van der Waals surface area contributed by atoms with Gasteiger partial charge in [-0.05, 0) is 24.3 Å². The summed E-state index contributed by atoms with van der Waals surface area (Å²) in [7, 11) is 0. The lowest BCUT2D eigenvalue weighted by Crippen LogP contribution is -2.03. The number of fused-ring (bicyclic) bond motifs is 1. The molecule has 2 rings (SSSR count). The van der Waals surface area contributed by atoms with E-state index in [2.05, 4.69) is 14.7 Å². The molecule has 0 spiro atoms. The molecule has 2 aromatic rings. The van der Waals surface area contributed by atoms with E-state index in [1.165, 1.54) is 0 Å². The molecule has 0 aliphatic carbocycles. The number of rotatable bonds is 2. The third-order valence-corrected chi connectivity index (χ3v) is 2.04. The molecule has 0 aliphatic rings. The van der Waals surface area contributed by atoms with Crippen molar-refractivity contribution in [2.24, 2.45) is 0 Å². The van der Waals surface area contributed by atoms with E-state index in [4.69, 9.17) is 4.55 Å². The van der Waals surface area contributed by atoms with Crippen LogP contribution in [-0.2, 0) is 11.3 Å². The average Bonchev–Trinajstić information content (AvgIpc) is 2.17. The van der Waals surface area contributed by atoms with E-state index < -0.39 is 11.3 Å². The molecule has 0 fully saturated rings. The Morgan fingerprint density at radius 1 is 1.36 bits per heavy atom. The molecule has 0 bridgehead atoms. The van der Waals surface area contributed by atoms with Crippen LogP contribution >= 0.6 is 0 Å². The Labute approximate surface area is 82.6 Å². The highest BCUT2D eigenvalue weighted by atomic mass is 32.2. The standard InChI is InChI=1S/C8H7N3O2S/c12-14(13)11-7-4-3-6-2-1-5-9-8(6)10-7/h1-5H,(H,12,13)(H,9,10,11). The number of hydrogen-bond donors (Lipinski definition) is 2. The Morgan fingerprint density at radius 2 is 2.21 bits per heavy atom. The highest BCUT2D eigenvalue weighted by molar-refractivity contribution is 7.80. The van der Waals surface area contributed by atoms with Crippen LogP contribution in [0.5, 0.6) is 0 Å². The van der Waals surface area contributed by atoms with Gasteiger partial charge in [0.2, 0.25) is 0 Å². The van der Waals surface area contributed by atoms with Crippen LogP contribution in [0.2, 0.25) is 0 Å². The smallest absolute Gasteiger partial charge is 0.260 e. The molecule has 2 N–H and O–H groups in total. The molecule has 0 aromatic carbocycles. The number of pyridine rings is 2. The van der Waals surface area contributed by atoms with Gasteiger partial charge in [-0.25, -0.2) is 14.2 Å². The van der Waals surface area contributed by atoms with E-state index in [1.807, 2.05) is 6.07 Å². The van der Waals surface area contributed by atoms with Gasteiger partial charge in [0.15, 0.2) is 5.65 Å². The maximum atomic E-state index is 10.4. The Hall–Kier alpha value is -1.53. The fraction of sp³-hybridized carbons (Fsp3) is 0. The number of aromatic nitrogens is 2. The molecule has 1 atom stereocenters. The average molecular weight is 209 g/mol. The Bertz CT molecular complexity index is 489. The van der Waals surface area contributed by atoms with E-state index in [0.717, 1.165) is 5.39 Å². The number of hydrogen-bond acceptors (Lipinski definition) is 3. The molecular formula is C8H7N3O2S. The maximum Gasteiger partial charge on any atom is 0.260 e. The lowest BCUT2D eigenvalue weighted by atomic mass is 10.3. The highest BCUT2D eigenvalue weighted by Crippen LogP contribution is 2.12. The van der Waals surface area contributed by atoms with Crippen molar-refractivity contribution in [2.45, 2.75) is 0 Å². The van der Waals surface area contributed by atoms with Gasteiger partial charge < -0.3 is 0 Å². The molecule has 0 saturated heterocycles. The van der Waals surface area contributed by atoms with Gasteiger partial charge in [-0.1, -0.05) is 0 Å². The minimum absolute atomic E-state index is 0.331. The summed E-state index contributed by atoms with van der Waals surface area (Å²) in [6.45, 7) is 0. The van der Waals surface area contributed by atoms with Crippen molar-refractivity contribution in [1.29, 1.82) is 0 Å². The quantitative estimate of drug-likeness (QED) is 0.728. The number of nitrogens with zero attached hydrogens (tertiary/aromatic N) is 2. The lowest BCUT2D eigenvalue weighted by Gasteiger charge is -2.00. The molecule has 2 aromatic heterocycles. The van der Waals surface area contributed by atoms with Crippen molar-refractivity contribution in [2.75, 3.05) is 4.72 Å². The van der Waals surface area contributed by atoms with Gasteiger partial charge in [-0.15, -0.1) is 0 Å². The van der Waals surface area contributed by atoms with Gasteiger partial charge >= 0.3 is 0 Å².